The third kappa shape index (κ3) is 7.25. The summed E-state index contributed by atoms with van der Waals surface area (Å²) in [5.41, 5.74) is -0.565. The highest BCUT2D eigenvalue weighted by Gasteiger charge is 2.35. The highest BCUT2D eigenvalue weighted by Crippen LogP contribution is 2.22. The number of fused-ring (bicyclic) bond motifs is 1. The van der Waals surface area contributed by atoms with Crippen LogP contribution in [0.5, 0.6) is 0 Å². The van der Waals surface area contributed by atoms with Crippen molar-refractivity contribution in [3.05, 3.63) is 35.4 Å². The van der Waals surface area contributed by atoms with E-state index in [9.17, 15) is 19.2 Å². The molecule has 1 aliphatic heterocycles. The van der Waals surface area contributed by atoms with E-state index < -0.39 is 23.4 Å². The molecule has 0 bridgehead atoms. The van der Waals surface area contributed by atoms with Crippen LogP contribution in [0.2, 0.25) is 0 Å². The van der Waals surface area contributed by atoms with Gasteiger partial charge in [0.15, 0.2) is 0 Å². The van der Waals surface area contributed by atoms with E-state index in [1.165, 1.54) is 4.90 Å². The van der Waals surface area contributed by atoms with Crippen LogP contribution in [0.15, 0.2) is 24.3 Å². The Morgan fingerprint density at radius 2 is 1.44 bits per heavy atom. The molecule has 0 radical (unpaired) electrons. The normalized spacial score (nSPS) is 13.6. The van der Waals surface area contributed by atoms with Gasteiger partial charge in [0.25, 0.3) is 11.8 Å². The number of carbonyl (C=O) groups excluding carboxylic acids is 4. The predicted molar refractivity (Wildman–Crippen MR) is 118 cm³/mol. The van der Waals surface area contributed by atoms with Gasteiger partial charge < -0.3 is 19.7 Å². The Morgan fingerprint density at radius 1 is 0.906 bits per heavy atom. The van der Waals surface area contributed by atoms with Gasteiger partial charge in [-0.05, 0) is 60.1 Å². The summed E-state index contributed by atoms with van der Waals surface area (Å²) < 4.78 is 10.7. The van der Waals surface area contributed by atoms with Crippen molar-refractivity contribution in [2.75, 3.05) is 26.2 Å². The first-order chi connectivity index (χ1) is 14.8. The van der Waals surface area contributed by atoms with E-state index in [1.807, 2.05) is 0 Å². The van der Waals surface area contributed by atoms with Crippen molar-refractivity contribution in [1.29, 1.82) is 0 Å². The second-order valence-electron chi connectivity index (χ2n) is 9.56. The van der Waals surface area contributed by atoms with Gasteiger partial charge in [0.2, 0.25) is 0 Å². The number of nitrogens with zero attached hydrogens (tertiary/aromatic N) is 2. The molecule has 0 atom stereocenters. The molecule has 176 valence electrons. The Morgan fingerprint density at radius 3 is 1.94 bits per heavy atom. The smallest absolute Gasteiger partial charge is 0.410 e. The molecule has 4 amide bonds. The minimum Gasteiger partial charge on any atom is -0.444 e. The second-order valence-corrected chi connectivity index (χ2v) is 9.56. The Kier molecular flexibility index (Phi) is 7.87. The highest BCUT2D eigenvalue weighted by molar-refractivity contribution is 6.21. The molecule has 0 fully saturated rings. The van der Waals surface area contributed by atoms with E-state index in [4.69, 9.17) is 9.47 Å². The van der Waals surface area contributed by atoms with Gasteiger partial charge in [-0.15, -0.1) is 0 Å². The summed E-state index contributed by atoms with van der Waals surface area (Å²) in [4.78, 5) is 52.2. The fourth-order valence-corrected chi connectivity index (χ4v) is 3.06. The first kappa shape index (κ1) is 25.2. The zero-order valence-electron chi connectivity index (χ0n) is 19.7. The number of benzene rings is 1. The third-order valence-corrected chi connectivity index (χ3v) is 4.40. The van der Waals surface area contributed by atoms with Crippen LogP contribution in [0.4, 0.5) is 9.59 Å². The molecule has 32 heavy (non-hydrogen) atoms. The van der Waals surface area contributed by atoms with E-state index in [0.717, 1.165) is 4.90 Å². The molecule has 9 heteroatoms. The summed E-state index contributed by atoms with van der Waals surface area (Å²) in [6, 6.07) is 6.64. The van der Waals surface area contributed by atoms with Crippen LogP contribution in [-0.2, 0) is 9.47 Å². The Hall–Kier alpha value is -3.10. The van der Waals surface area contributed by atoms with Gasteiger partial charge in [-0.3, -0.25) is 14.5 Å². The quantitative estimate of drug-likeness (QED) is 0.507. The van der Waals surface area contributed by atoms with Crippen LogP contribution in [0.1, 0.15) is 68.7 Å². The van der Waals surface area contributed by atoms with Crippen molar-refractivity contribution in [3.63, 3.8) is 0 Å². The Bertz CT molecular complexity index is 834. The van der Waals surface area contributed by atoms with E-state index in [-0.39, 0.29) is 31.4 Å². The summed E-state index contributed by atoms with van der Waals surface area (Å²) in [5.74, 6) is -0.748. The maximum atomic E-state index is 12.7. The van der Waals surface area contributed by atoms with Crippen LogP contribution < -0.4 is 5.32 Å². The van der Waals surface area contributed by atoms with Crippen molar-refractivity contribution < 1.29 is 28.7 Å². The molecule has 0 saturated carbocycles. The standard InChI is InChI=1S/C23H33N3O6/c1-22(2,3)31-20(29)24-12-9-13-25(21(30)32-23(4,5)6)14-15-26-18(27)16-10-7-8-11-17(16)19(26)28/h7-8,10-11H,9,12-15H2,1-6H3,(H,24,29). The number of hydrogen-bond acceptors (Lipinski definition) is 6. The summed E-state index contributed by atoms with van der Waals surface area (Å²) >= 11 is 0. The summed E-state index contributed by atoms with van der Waals surface area (Å²) in [5, 5.41) is 2.65. The molecule has 1 aromatic carbocycles. The van der Waals surface area contributed by atoms with E-state index >= 15 is 0 Å². The van der Waals surface area contributed by atoms with E-state index in [2.05, 4.69) is 5.32 Å². The average Bonchev–Trinajstić information content (AvgIpc) is 2.89. The van der Waals surface area contributed by atoms with Gasteiger partial charge in [0.05, 0.1) is 11.1 Å². The zero-order chi connectivity index (χ0) is 24.1. The number of ether oxygens (including phenoxy) is 2. The lowest BCUT2D eigenvalue weighted by molar-refractivity contribution is 0.0224. The molecular weight excluding hydrogens is 414 g/mol. The lowest BCUT2D eigenvalue weighted by Crippen LogP contribution is -2.44. The van der Waals surface area contributed by atoms with Gasteiger partial charge in [-0.25, -0.2) is 9.59 Å². The molecule has 0 aromatic heterocycles. The second kappa shape index (κ2) is 10.0. The Balaban J connectivity index is 1.96. The van der Waals surface area contributed by atoms with Crippen molar-refractivity contribution in [2.45, 2.75) is 59.2 Å². The molecule has 0 unspecified atom stereocenters. The predicted octanol–water partition coefficient (Wildman–Crippen LogP) is 3.43. The largest absolute Gasteiger partial charge is 0.444 e. The topological polar surface area (TPSA) is 105 Å². The van der Waals surface area contributed by atoms with E-state index in [0.29, 0.717) is 24.1 Å². The van der Waals surface area contributed by atoms with Gasteiger partial charge in [-0.2, -0.15) is 0 Å². The molecular formula is C23H33N3O6. The van der Waals surface area contributed by atoms with Crippen LogP contribution in [0.25, 0.3) is 0 Å². The van der Waals surface area contributed by atoms with Gasteiger partial charge in [0.1, 0.15) is 11.2 Å². The van der Waals surface area contributed by atoms with Gasteiger partial charge in [-0.1, -0.05) is 12.1 Å². The zero-order valence-corrected chi connectivity index (χ0v) is 19.7. The number of nitrogens with one attached hydrogen (secondary N) is 1. The summed E-state index contributed by atoms with van der Waals surface area (Å²) in [7, 11) is 0. The molecule has 1 aliphatic rings. The molecule has 9 nitrogen and oxygen atoms in total. The molecule has 1 N–H and O–H groups in total. The highest BCUT2D eigenvalue weighted by atomic mass is 16.6. The van der Waals surface area contributed by atoms with Crippen molar-refractivity contribution >= 4 is 24.0 Å². The first-order valence-electron chi connectivity index (χ1n) is 10.7. The van der Waals surface area contributed by atoms with Crippen molar-refractivity contribution in [3.8, 4) is 0 Å². The number of alkyl carbamates (subject to hydrolysis) is 1. The number of carbonyl (C=O) groups is 4. The first-order valence-corrected chi connectivity index (χ1v) is 10.7. The molecule has 1 aromatic rings. The van der Waals surface area contributed by atoms with Crippen molar-refractivity contribution in [1.82, 2.24) is 15.1 Å². The Labute approximate surface area is 189 Å². The van der Waals surface area contributed by atoms with Crippen LogP contribution in [0.3, 0.4) is 0 Å². The molecule has 0 aliphatic carbocycles. The van der Waals surface area contributed by atoms with E-state index in [1.54, 1.807) is 65.8 Å². The fraction of sp³-hybridized carbons (Fsp3) is 0.565. The molecule has 0 spiro atoms. The lowest BCUT2D eigenvalue weighted by atomic mass is 10.1. The maximum absolute atomic E-state index is 12.7. The third-order valence-electron chi connectivity index (χ3n) is 4.40. The molecule has 1 heterocycles. The van der Waals surface area contributed by atoms with Crippen LogP contribution in [0, 0.1) is 0 Å². The fourth-order valence-electron chi connectivity index (χ4n) is 3.06. The number of imide groups is 1. The molecule has 0 saturated heterocycles. The number of rotatable bonds is 7. The average molecular weight is 448 g/mol. The number of hydrogen-bond donors (Lipinski definition) is 1. The minimum atomic E-state index is -0.695. The minimum absolute atomic E-state index is 0.0467. The maximum Gasteiger partial charge on any atom is 0.410 e. The van der Waals surface area contributed by atoms with Crippen LogP contribution >= 0.6 is 0 Å². The molecule has 2 rings (SSSR count). The number of amides is 4. The van der Waals surface area contributed by atoms with Crippen molar-refractivity contribution in [2.24, 2.45) is 0 Å². The van der Waals surface area contributed by atoms with Crippen LogP contribution in [-0.4, -0.2) is 71.2 Å². The monoisotopic (exact) mass is 447 g/mol. The SMILES string of the molecule is CC(C)(C)OC(=O)NCCCN(CCN1C(=O)c2ccccc2C1=O)C(=O)OC(C)(C)C. The summed E-state index contributed by atoms with van der Waals surface area (Å²) in [6.07, 6.45) is -0.639. The van der Waals surface area contributed by atoms with Gasteiger partial charge in [0, 0.05) is 26.2 Å². The van der Waals surface area contributed by atoms with Gasteiger partial charge >= 0.3 is 12.2 Å². The lowest BCUT2D eigenvalue weighted by Gasteiger charge is -2.28. The summed E-state index contributed by atoms with van der Waals surface area (Å²) in [6.45, 7) is 11.3.